The molecular weight excluding hydrogens is 146 g/mol. The molecule has 1 heterocycles. The van der Waals surface area contributed by atoms with Crippen LogP contribution in [0.2, 0.25) is 0 Å². The Labute approximate surface area is 57.7 Å². The standard InChI is InChI=1S/C3H3NO2S.S/c5-2-1-7-3(6)4-2;/h1H2,(H,4,5,6);. The second-order valence-corrected chi connectivity index (χ2v) is 2.07. The summed E-state index contributed by atoms with van der Waals surface area (Å²) >= 11 is 1.01. The summed E-state index contributed by atoms with van der Waals surface area (Å²) in [5.41, 5.74) is 0. The van der Waals surface area contributed by atoms with Crippen LogP contribution in [-0.4, -0.2) is 16.9 Å². The highest BCUT2D eigenvalue weighted by Gasteiger charge is 2.16. The van der Waals surface area contributed by atoms with Crippen molar-refractivity contribution in [1.82, 2.24) is 5.32 Å². The molecule has 1 aliphatic heterocycles. The van der Waals surface area contributed by atoms with Crippen LogP contribution in [0.25, 0.3) is 0 Å². The van der Waals surface area contributed by atoms with Gasteiger partial charge < -0.3 is 0 Å². The average Bonchev–Trinajstić information content (AvgIpc) is 1.87. The van der Waals surface area contributed by atoms with E-state index in [1.54, 1.807) is 0 Å². The normalized spacial score (nSPS) is 17.5. The maximum atomic E-state index is 10.1. The van der Waals surface area contributed by atoms with E-state index >= 15 is 0 Å². The third-order valence-corrected chi connectivity index (χ3v) is 1.35. The van der Waals surface area contributed by atoms with Crippen molar-refractivity contribution >= 4 is 36.4 Å². The Bertz CT molecular complexity index is 110. The predicted molar refractivity (Wildman–Crippen MR) is 33.6 cm³/mol. The number of imide groups is 1. The molecule has 1 aliphatic rings. The van der Waals surface area contributed by atoms with Gasteiger partial charge in [-0.15, -0.1) is 0 Å². The van der Waals surface area contributed by atoms with Crippen LogP contribution in [0.1, 0.15) is 0 Å². The Kier molecular flexibility index (Phi) is 2.93. The van der Waals surface area contributed by atoms with E-state index in [4.69, 9.17) is 0 Å². The molecule has 0 spiro atoms. The first-order chi connectivity index (χ1) is 3.29. The summed E-state index contributed by atoms with van der Waals surface area (Å²) in [6, 6.07) is 0. The zero-order valence-electron chi connectivity index (χ0n) is 3.84. The van der Waals surface area contributed by atoms with Crippen molar-refractivity contribution < 1.29 is 9.59 Å². The molecule has 5 heteroatoms. The third kappa shape index (κ3) is 1.75. The van der Waals surface area contributed by atoms with E-state index in [0.29, 0.717) is 5.75 Å². The molecule has 0 aromatic carbocycles. The first-order valence-electron chi connectivity index (χ1n) is 1.75. The molecule has 0 aromatic rings. The number of nitrogens with one attached hydrogen (secondary N) is 1. The minimum absolute atomic E-state index is 0. The van der Waals surface area contributed by atoms with Crippen molar-refractivity contribution in [2.45, 2.75) is 0 Å². The Morgan fingerprint density at radius 1 is 1.50 bits per heavy atom. The number of rotatable bonds is 0. The van der Waals surface area contributed by atoms with E-state index in [0.717, 1.165) is 11.8 Å². The van der Waals surface area contributed by atoms with Gasteiger partial charge in [0.1, 0.15) is 0 Å². The predicted octanol–water partition coefficient (Wildman–Crippen LogP) is 0.618. The van der Waals surface area contributed by atoms with Crippen molar-refractivity contribution in [3.05, 3.63) is 0 Å². The van der Waals surface area contributed by atoms with Crippen LogP contribution in [-0.2, 0) is 4.79 Å². The van der Waals surface area contributed by atoms with Crippen LogP contribution in [0.15, 0.2) is 0 Å². The van der Waals surface area contributed by atoms with Gasteiger partial charge in [0.15, 0.2) is 0 Å². The quantitative estimate of drug-likeness (QED) is 0.549. The molecule has 2 amide bonds. The van der Waals surface area contributed by atoms with Crippen LogP contribution >= 0.6 is 25.3 Å². The number of carbonyl (C=O) groups is 2. The summed E-state index contributed by atoms with van der Waals surface area (Å²) < 4.78 is 0. The molecule has 2 radical (unpaired) electrons. The number of hydrogen-bond acceptors (Lipinski definition) is 3. The lowest BCUT2D eigenvalue weighted by atomic mass is 10.7. The van der Waals surface area contributed by atoms with Gasteiger partial charge in [-0.25, -0.2) is 0 Å². The fourth-order valence-electron chi connectivity index (χ4n) is 0.317. The maximum absolute atomic E-state index is 10.1. The molecular formula is C3H3NO2S2. The Hall–Kier alpha value is -0.160. The highest BCUT2D eigenvalue weighted by molar-refractivity contribution is 8.14. The molecule has 0 aliphatic carbocycles. The SMILES string of the molecule is O=C1CSC(=O)N1.[S]. The molecule has 3 nitrogen and oxygen atoms in total. The van der Waals surface area contributed by atoms with Crippen LogP contribution < -0.4 is 5.32 Å². The van der Waals surface area contributed by atoms with Gasteiger partial charge in [-0.05, 0) is 0 Å². The minimum Gasteiger partial charge on any atom is -0.286 e. The van der Waals surface area contributed by atoms with Gasteiger partial charge in [0, 0.05) is 13.5 Å². The zero-order chi connectivity index (χ0) is 5.28. The third-order valence-electron chi connectivity index (χ3n) is 0.576. The molecule has 0 bridgehead atoms. The van der Waals surface area contributed by atoms with Crippen LogP contribution in [0.5, 0.6) is 0 Å². The topological polar surface area (TPSA) is 46.2 Å². The lowest BCUT2D eigenvalue weighted by Gasteiger charge is -1.77. The van der Waals surface area contributed by atoms with Gasteiger partial charge in [-0.2, -0.15) is 0 Å². The van der Waals surface area contributed by atoms with Gasteiger partial charge in [-0.1, -0.05) is 11.8 Å². The number of amides is 2. The minimum atomic E-state index is -0.231. The van der Waals surface area contributed by atoms with E-state index in [-0.39, 0.29) is 24.6 Å². The van der Waals surface area contributed by atoms with Gasteiger partial charge in [0.25, 0.3) is 5.24 Å². The Morgan fingerprint density at radius 3 is 2.25 bits per heavy atom. The smallest absolute Gasteiger partial charge is 0.286 e. The van der Waals surface area contributed by atoms with Crippen molar-refractivity contribution in [2.75, 3.05) is 5.75 Å². The molecule has 44 valence electrons. The number of carbonyl (C=O) groups excluding carboxylic acids is 2. The Balaban J connectivity index is 0.000000490. The fraction of sp³-hybridized carbons (Fsp3) is 0.333. The van der Waals surface area contributed by atoms with E-state index in [9.17, 15) is 9.59 Å². The van der Waals surface area contributed by atoms with E-state index < -0.39 is 0 Å². The molecule has 8 heavy (non-hydrogen) atoms. The first-order valence-corrected chi connectivity index (χ1v) is 2.74. The van der Waals surface area contributed by atoms with Gasteiger partial charge >= 0.3 is 0 Å². The Morgan fingerprint density at radius 2 is 2.12 bits per heavy atom. The van der Waals surface area contributed by atoms with Crippen molar-refractivity contribution in [3.8, 4) is 0 Å². The second kappa shape index (κ2) is 2.99. The van der Waals surface area contributed by atoms with Crippen LogP contribution in [0.4, 0.5) is 4.79 Å². The fourth-order valence-corrected chi connectivity index (χ4v) is 0.837. The number of hydrogen-bond donors (Lipinski definition) is 1. The summed E-state index contributed by atoms with van der Waals surface area (Å²) in [5.74, 6) is 0.105. The van der Waals surface area contributed by atoms with E-state index in [1.165, 1.54) is 0 Å². The van der Waals surface area contributed by atoms with Crippen molar-refractivity contribution in [1.29, 1.82) is 0 Å². The second-order valence-electron chi connectivity index (χ2n) is 1.12. The molecule has 1 rings (SSSR count). The maximum Gasteiger partial charge on any atom is 0.286 e. The summed E-state index contributed by atoms with van der Waals surface area (Å²) in [4.78, 5) is 20.2. The highest BCUT2D eigenvalue weighted by atomic mass is 32.2. The molecule has 0 saturated carbocycles. The van der Waals surface area contributed by atoms with Crippen molar-refractivity contribution in [3.63, 3.8) is 0 Å². The largest absolute Gasteiger partial charge is 0.286 e. The van der Waals surface area contributed by atoms with Gasteiger partial charge in [0.2, 0.25) is 5.91 Å². The summed E-state index contributed by atoms with van der Waals surface area (Å²) in [6.45, 7) is 0. The summed E-state index contributed by atoms with van der Waals surface area (Å²) in [7, 11) is 0. The molecule has 0 atom stereocenters. The van der Waals surface area contributed by atoms with E-state index in [1.807, 2.05) is 0 Å². The first kappa shape index (κ1) is 7.84. The lowest BCUT2D eigenvalue weighted by Crippen LogP contribution is -2.18. The molecule has 1 saturated heterocycles. The number of thioether (sulfide) groups is 1. The average molecular weight is 149 g/mol. The summed E-state index contributed by atoms with van der Waals surface area (Å²) in [5, 5.41) is 1.87. The van der Waals surface area contributed by atoms with Crippen LogP contribution in [0, 0.1) is 0 Å². The van der Waals surface area contributed by atoms with Crippen LogP contribution in [0.3, 0.4) is 0 Å². The monoisotopic (exact) mass is 149 g/mol. The van der Waals surface area contributed by atoms with Gasteiger partial charge in [-0.3, -0.25) is 14.9 Å². The zero-order valence-corrected chi connectivity index (χ0v) is 5.47. The van der Waals surface area contributed by atoms with E-state index in [2.05, 4.69) is 5.32 Å². The highest BCUT2D eigenvalue weighted by Crippen LogP contribution is 2.06. The molecule has 1 fully saturated rings. The molecule has 0 unspecified atom stereocenters. The lowest BCUT2D eigenvalue weighted by molar-refractivity contribution is -0.117. The molecule has 0 aromatic heterocycles. The molecule has 1 N–H and O–H groups in total. The van der Waals surface area contributed by atoms with Gasteiger partial charge in [0.05, 0.1) is 5.75 Å². The summed E-state index contributed by atoms with van der Waals surface area (Å²) in [6.07, 6.45) is 0. The van der Waals surface area contributed by atoms with Crippen molar-refractivity contribution in [2.24, 2.45) is 0 Å².